The van der Waals surface area contributed by atoms with Gasteiger partial charge in [0.2, 0.25) is 0 Å². The molecule has 0 unspecified atom stereocenters. The molecular weight excluding hydrogens is 154 g/mol. The van der Waals surface area contributed by atoms with Gasteiger partial charge in [-0.25, -0.2) is 0 Å². The van der Waals surface area contributed by atoms with Gasteiger partial charge in [-0.1, -0.05) is 6.08 Å². The van der Waals surface area contributed by atoms with Crippen molar-refractivity contribution in [3.63, 3.8) is 0 Å². The Bertz CT molecular complexity index is 257. The summed E-state index contributed by atoms with van der Waals surface area (Å²) in [6.45, 7) is 4.74. The fourth-order valence-electron chi connectivity index (χ4n) is 0.837. The summed E-state index contributed by atoms with van der Waals surface area (Å²) >= 11 is 0. The van der Waals surface area contributed by atoms with E-state index in [0.717, 1.165) is 5.69 Å². The quantitative estimate of drug-likeness (QED) is 0.672. The predicted octanol–water partition coefficient (Wildman–Crippen LogP) is 0.755. The highest BCUT2D eigenvalue weighted by Gasteiger charge is 2.05. The molecule has 4 nitrogen and oxygen atoms in total. The van der Waals surface area contributed by atoms with Gasteiger partial charge in [-0.05, 0) is 0 Å². The van der Waals surface area contributed by atoms with Crippen molar-refractivity contribution < 1.29 is 4.42 Å². The molecule has 12 heavy (non-hydrogen) atoms. The Hall–Kier alpha value is -1.29. The van der Waals surface area contributed by atoms with Gasteiger partial charge in [0.15, 0.2) is 0 Å². The molecule has 0 radical (unpaired) electrons. The van der Waals surface area contributed by atoms with Crippen LogP contribution in [0.15, 0.2) is 23.3 Å². The highest BCUT2D eigenvalue weighted by Crippen LogP contribution is 2.10. The van der Waals surface area contributed by atoms with Crippen molar-refractivity contribution in [2.75, 3.05) is 18.5 Å². The zero-order chi connectivity index (χ0) is 8.97. The van der Waals surface area contributed by atoms with Crippen molar-refractivity contribution in [1.29, 1.82) is 0 Å². The van der Waals surface area contributed by atoms with Crippen LogP contribution in [0.25, 0.3) is 0 Å². The molecular formula is C8H13N3O. The SMILES string of the molecule is C=CCN(C)c1nc(CN)co1. The Morgan fingerprint density at radius 1 is 1.83 bits per heavy atom. The van der Waals surface area contributed by atoms with E-state index in [1.54, 1.807) is 12.3 Å². The largest absolute Gasteiger partial charge is 0.432 e. The van der Waals surface area contributed by atoms with E-state index in [2.05, 4.69) is 11.6 Å². The standard InChI is InChI=1S/C8H13N3O/c1-3-4-11(2)8-10-7(5-9)6-12-8/h3,6H,1,4-5,9H2,2H3. The van der Waals surface area contributed by atoms with E-state index in [-0.39, 0.29) is 0 Å². The molecule has 0 saturated carbocycles. The minimum absolute atomic E-state index is 0.408. The molecule has 0 aliphatic rings. The van der Waals surface area contributed by atoms with Gasteiger partial charge in [0.25, 0.3) is 6.01 Å². The van der Waals surface area contributed by atoms with Crippen LogP contribution in [0.1, 0.15) is 5.69 Å². The third-order valence-electron chi connectivity index (χ3n) is 1.48. The van der Waals surface area contributed by atoms with Gasteiger partial charge in [-0.2, -0.15) is 4.98 Å². The molecule has 0 spiro atoms. The Kier molecular flexibility index (Phi) is 2.88. The lowest BCUT2D eigenvalue weighted by Gasteiger charge is -2.09. The molecule has 1 rings (SSSR count). The van der Waals surface area contributed by atoms with Crippen molar-refractivity contribution in [2.24, 2.45) is 5.73 Å². The number of oxazole rings is 1. The first-order chi connectivity index (χ1) is 5.77. The molecule has 0 amide bonds. The molecule has 0 aliphatic carbocycles. The molecule has 0 aliphatic heterocycles. The van der Waals surface area contributed by atoms with Crippen LogP contribution in [-0.2, 0) is 6.54 Å². The zero-order valence-corrected chi connectivity index (χ0v) is 7.16. The third kappa shape index (κ3) is 1.85. The average molecular weight is 167 g/mol. The first-order valence-electron chi connectivity index (χ1n) is 3.74. The fourth-order valence-corrected chi connectivity index (χ4v) is 0.837. The van der Waals surface area contributed by atoms with Crippen molar-refractivity contribution in [1.82, 2.24) is 4.98 Å². The number of nitrogens with two attached hydrogens (primary N) is 1. The van der Waals surface area contributed by atoms with E-state index in [0.29, 0.717) is 19.1 Å². The second-order valence-electron chi connectivity index (χ2n) is 2.49. The van der Waals surface area contributed by atoms with E-state index in [9.17, 15) is 0 Å². The maximum Gasteiger partial charge on any atom is 0.297 e. The molecule has 0 atom stereocenters. The van der Waals surface area contributed by atoms with E-state index in [4.69, 9.17) is 10.2 Å². The monoisotopic (exact) mass is 167 g/mol. The van der Waals surface area contributed by atoms with Gasteiger partial charge >= 0.3 is 0 Å². The fraction of sp³-hybridized carbons (Fsp3) is 0.375. The Morgan fingerprint density at radius 2 is 2.58 bits per heavy atom. The van der Waals surface area contributed by atoms with E-state index in [1.807, 2.05) is 11.9 Å². The molecule has 0 fully saturated rings. The molecule has 0 bridgehead atoms. The summed E-state index contributed by atoms with van der Waals surface area (Å²) in [4.78, 5) is 5.99. The highest BCUT2D eigenvalue weighted by atomic mass is 16.4. The summed E-state index contributed by atoms with van der Waals surface area (Å²) in [5.74, 6) is 0. The van der Waals surface area contributed by atoms with Crippen LogP contribution in [0.3, 0.4) is 0 Å². The Labute approximate surface area is 71.7 Å². The first kappa shape index (κ1) is 8.80. The van der Waals surface area contributed by atoms with Gasteiger partial charge < -0.3 is 15.1 Å². The molecule has 1 aromatic rings. The number of nitrogens with zero attached hydrogens (tertiary/aromatic N) is 2. The van der Waals surface area contributed by atoms with Crippen molar-refractivity contribution in [3.8, 4) is 0 Å². The molecule has 66 valence electrons. The van der Waals surface area contributed by atoms with E-state index < -0.39 is 0 Å². The van der Waals surface area contributed by atoms with Crippen LogP contribution >= 0.6 is 0 Å². The maximum atomic E-state index is 5.38. The second-order valence-corrected chi connectivity index (χ2v) is 2.49. The Morgan fingerprint density at radius 3 is 3.08 bits per heavy atom. The first-order valence-corrected chi connectivity index (χ1v) is 3.74. The lowest BCUT2D eigenvalue weighted by molar-refractivity contribution is 0.550. The Balaban J connectivity index is 2.67. The lowest BCUT2D eigenvalue weighted by atomic mass is 10.5. The van der Waals surface area contributed by atoms with Gasteiger partial charge in [0.1, 0.15) is 6.26 Å². The summed E-state index contributed by atoms with van der Waals surface area (Å²) in [6, 6.07) is 0.579. The minimum Gasteiger partial charge on any atom is -0.432 e. The predicted molar refractivity (Wildman–Crippen MR) is 47.9 cm³/mol. The third-order valence-corrected chi connectivity index (χ3v) is 1.48. The van der Waals surface area contributed by atoms with Crippen LogP contribution in [0, 0.1) is 0 Å². The second kappa shape index (κ2) is 3.92. The van der Waals surface area contributed by atoms with Gasteiger partial charge in [0, 0.05) is 20.1 Å². The molecule has 1 heterocycles. The molecule has 2 N–H and O–H groups in total. The molecule has 4 heteroatoms. The number of hydrogen-bond donors (Lipinski definition) is 1. The maximum absolute atomic E-state index is 5.38. The molecule has 0 aromatic carbocycles. The normalized spacial score (nSPS) is 9.83. The summed E-state index contributed by atoms with van der Waals surface area (Å²) in [7, 11) is 1.88. The van der Waals surface area contributed by atoms with Crippen molar-refractivity contribution in [2.45, 2.75) is 6.54 Å². The van der Waals surface area contributed by atoms with Crippen LogP contribution in [-0.4, -0.2) is 18.6 Å². The number of likely N-dealkylation sites (N-methyl/N-ethyl adjacent to an activating group) is 1. The van der Waals surface area contributed by atoms with Gasteiger partial charge in [-0.15, -0.1) is 6.58 Å². The van der Waals surface area contributed by atoms with Crippen LogP contribution in [0.2, 0.25) is 0 Å². The number of aromatic nitrogens is 1. The van der Waals surface area contributed by atoms with E-state index in [1.165, 1.54) is 0 Å². The smallest absolute Gasteiger partial charge is 0.297 e. The number of rotatable bonds is 4. The van der Waals surface area contributed by atoms with Crippen LogP contribution in [0.4, 0.5) is 6.01 Å². The summed E-state index contributed by atoms with van der Waals surface area (Å²) < 4.78 is 5.16. The number of anilines is 1. The lowest BCUT2D eigenvalue weighted by Crippen LogP contribution is -2.16. The van der Waals surface area contributed by atoms with Crippen LogP contribution < -0.4 is 10.6 Å². The summed E-state index contributed by atoms with van der Waals surface area (Å²) in [5, 5.41) is 0. The van der Waals surface area contributed by atoms with Crippen molar-refractivity contribution >= 4 is 6.01 Å². The van der Waals surface area contributed by atoms with Gasteiger partial charge in [-0.3, -0.25) is 0 Å². The minimum atomic E-state index is 0.408. The zero-order valence-electron chi connectivity index (χ0n) is 7.16. The average Bonchev–Trinajstić information content (AvgIpc) is 2.52. The van der Waals surface area contributed by atoms with E-state index >= 15 is 0 Å². The van der Waals surface area contributed by atoms with Crippen molar-refractivity contribution in [3.05, 3.63) is 24.6 Å². The van der Waals surface area contributed by atoms with Gasteiger partial charge in [0.05, 0.1) is 5.69 Å². The summed E-state index contributed by atoms with van der Waals surface area (Å²) in [5.41, 5.74) is 6.14. The molecule has 0 saturated heterocycles. The highest BCUT2D eigenvalue weighted by molar-refractivity contribution is 5.26. The topological polar surface area (TPSA) is 55.3 Å². The number of hydrogen-bond acceptors (Lipinski definition) is 4. The van der Waals surface area contributed by atoms with Crippen LogP contribution in [0.5, 0.6) is 0 Å². The summed E-state index contributed by atoms with van der Waals surface area (Å²) in [6.07, 6.45) is 3.35. The molecule has 1 aromatic heterocycles.